The quantitative estimate of drug-likeness (QED) is 0.365. The highest BCUT2D eigenvalue weighted by molar-refractivity contribution is 9.09. The molecule has 0 bridgehead atoms. The summed E-state index contributed by atoms with van der Waals surface area (Å²) in [5.41, 5.74) is 0. The molecule has 0 rings (SSSR count). The van der Waals surface area contributed by atoms with Crippen molar-refractivity contribution >= 4 is 15.9 Å². The van der Waals surface area contributed by atoms with Gasteiger partial charge in [-0.25, -0.2) is 4.39 Å². The maximum Gasteiger partial charge on any atom is 0.319 e. The summed E-state index contributed by atoms with van der Waals surface area (Å²) in [5.74, 6) is -3.25. The fourth-order valence-corrected chi connectivity index (χ4v) is 0. The van der Waals surface area contributed by atoms with E-state index in [0.717, 1.165) is 0 Å². The van der Waals surface area contributed by atoms with Crippen molar-refractivity contribution in [3.05, 3.63) is 0 Å². The van der Waals surface area contributed by atoms with E-state index in [9.17, 15) is 4.39 Å². The Morgan fingerprint density at radius 1 is 1.43 bits per heavy atom. The minimum atomic E-state index is -3.25. The van der Waals surface area contributed by atoms with Crippen LogP contribution in [0.4, 0.5) is 4.39 Å². The third kappa shape index (κ3) is 2.93. The maximum absolute atomic E-state index is 11.4. The first-order valence-corrected chi connectivity index (χ1v) is 2.31. The molecule has 0 heterocycles. The molecular formula is C2H4BrFO3. The second-order valence-electron chi connectivity index (χ2n) is 0.988. The summed E-state index contributed by atoms with van der Waals surface area (Å²) < 4.78 is 11.4. The number of hydrogen-bond acceptors (Lipinski definition) is 3. The maximum atomic E-state index is 11.4. The van der Waals surface area contributed by atoms with Crippen LogP contribution < -0.4 is 0 Å². The molecule has 7 heavy (non-hydrogen) atoms. The standard InChI is InChI=1S/C2H4BrFO3/c3-1(4)2(5,6)7/h1,5-7H. The predicted octanol–water partition coefficient (Wildman–Crippen LogP) is -0.692. The Morgan fingerprint density at radius 2 is 1.57 bits per heavy atom. The van der Waals surface area contributed by atoms with Crippen molar-refractivity contribution in [1.29, 1.82) is 0 Å². The molecule has 0 saturated carbocycles. The van der Waals surface area contributed by atoms with Crippen LogP contribution in [0.25, 0.3) is 0 Å². The molecule has 1 atom stereocenters. The fraction of sp³-hybridized carbons (Fsp3) is 1.00. The Balaban J connectivity index is 3.54. The van der Waals surface area contributed by atoms with E-state index in [-0.39, 0.29) is 0 Å². The Hall–Kier alpha value is 0.290. The zero-order valence-corrected chi connectivity index (χ0v) is 4.76. The Labute approximate surface area is 47.5 Å². The van der Waals surface area contributed by atoms with Crippen LogP contribution in [0, 0.1) is 0 Å². The van der Waals surface area contributed by atoms with Gasteiger partial charge in [-0.2, -0.15) is 0 Å². The molecule has 0 aromatic rings. The summed E-state index contributed by atoms with van der Waals surface area (Å²) >= 11 is 2.08. The van der Waals surface area contributed by atoms with E-state index in [4.69, 9.17) is 15.3 Å². The molecule has 0 spiro atoms. The number of rotatable bonds is 1. The van der Waals surface area contributed by atoms with Crippen LogP contribution in [0.3, 0.4) is 0 Å². The van der Waals surface area contributed by atoms with Crippen LogP contribution in [0.5, 0.6) is 0 Å². The monoisotopic (exact) mass is 174 g/mol. The molecule has 0 aromatic heterocycles. The van der Waals surface area contributed by atoms with E-state index in [1.807, 2.05) is 0 Å². The highest BCUT2D eigenvalue weighted by Crippen LogP contribution is 2.12. The van der Waals surface area contributed by atoms with E-state index in [1.54, 1.807) is 0 Å². The van der Waals surface area contributed by atoms with E-state index >= 15 is 0 Å². The van der Waals surface area contributed by atoms with Gasteiger partial charge in [0.15, 0.2) is 0 Å². The molecule has 5 heteroatoms. The highest BCUT2D eigenvalue weighted by Gasteiger charge is 2.29. The zero-order valence-electron chi connectivity index (χ0n) is 3.17. The molecule has 0 radical (unpaired) electrons. The van der Waals surface area contributed by atoms with Gasteiger partial charge in [0.1, 0.15) is 0 Å². The van der Waals surface area contributed by atoms with Crippen molar-refractivity contribution in [2.24, 2.45) is 0 Å². The number of alkyl halides is 2. The second-order valence-corrected chi connectivity index (χ2v) is 1.79. The van der Waals surface area contributed by atoms with Gasteiger partial charge in [0.05, 0.1) is 0 Å². The molecule has 0 amide bonds. The summed E-state index contributed by atoms with van der Waals surface area (Å²) in [6, 6.07) is 0. The lowest BCUT2D eigenvalue weighted by Gasteiger charge is -2.12. The van der Waals surface area contributed by atoms with Gasteiger partial charge in [0.25, 0.3) is 0 Å². The number of halogens is 2. The lowest BCUT2D eigenvalue weighted by molar-refractivity contribution is -0.323. The minimum absolute atomic E-state index is 2.08. The topological polar surface area (TPSA) is 60.7 Å². The lowest BCUT2D eigenvalue weighted by atomic mass is 10.6. The van der Waals surface area contributed by atoms with Gasteiger partial charge in [-0.15, -0.1) is 0 Å². The molecule has 0 aromatic carbocycles. The van der Waals surface area contributed by atoms with E-state index in [2.05, 4.69) is 15.9 Å². The van der Waals surface area contributed by atoms with E-state index < -0.39 is 11.1 Å². The smallest absolute Gasteiger partial charge is 0.319 e. The number of aliphatic hydroxyl groups is 3. The molecule has 44 valence electrons. The van der Waals surface area contributed by atoms with Gasteiger partial charge in [-0.3, -0.25) is 0 Å². The van der Waals surface area contributed by atoms with Crippen LogP contribution in [-0.2, 0) is 0 Å². The van der Waals surface area contributed by atoms with Crippen LogP contribution in [0.1, 0.15) is 0 Å². The van der Waals surface area contributed by atoms with E-state index in [1.165, 1.54) is 0 Å². The van der Waals surface area contributed by atoms with Crippen molar-refractivity contribution in [1.82, 2.24) is 0 Å². The van der Waals surface area contributed by atoms with Crippen LogP contribution in [-0.4, -0.2) is 26.4 Å². The van der Waals surface area contributed by atoms with Crippen LogP contribution in [0.15, 0.2) is 0 Å². The van der Waals surface area contributed by atoms with Gasteiger partial charge >= 0.3 is 5.97 Å². The van der Waals surface area contributed by atoms with Crippen molar-refractivity contribution in [2.75, 3.05) is 0 Å². The summed E-state index contributed by atoms with van der Waals surface area (Å²) in [7, 11) is 0. The van der Waals surface area contributed by atoms with Gasteiger partial charge in [0.2, 0.25) is 5.08 Å². The summed E-state index contributed by atoms with van der Waals surface area (Å²) in [4.78, 5) is 0. The third-order valence-corrected chi connectivity index (χ3v) is 0.907. The third-order valence-electron chi connectivity index (χ3n) is 0.293. The first-order valence-electron chi connectivity index (χ1n) is 1.40. The molecule has 0 aliphatic carbocycles. The van der Waals surface area contributed by atoms with E-state index in [0.29, 0.717) is 0 Å². The SMILES string of the molecule is OC(O)(O)C(F)Br. The second kappa shape index (κ2) is 2.04. The summed E-state index contributed by atoms with van der Waals surface area (Å²) in [5, 5.41) is 21.1. The zero-order chi connectivity index (χ0) is 6.08. The van der Waals surface area contributed by atoms with Gasteiger partial charge in [0, 0.05) is 0 Å². The molecule has 1 unspecified atom stereocenters. The normalized spacial score (nSPS) is 16.7. The molecule has 3 N–H and O–H groups in total. The van der Waals surface area contributed by atoms with Crippen molar-refractivity contribution in [2.45, 2.75) is 11.1 Å². The largest absolute Gasteiger partial charge is 0.341 e. The molecule has 0 aliphatic heterocycles. The molecule has 0 aliphatic rings. The Kier molecular flexibility index (Phi) is 2.12. The van der Waals surface area contributed by atoms with Gasteiger partial charge < -0.3 is 15.3 Å². The van der Waals surface area contributed by atoms with Crippen LogP contribution in [0.2, 0.25) is 0 Å². The highest BCUT2D eigenvalue weighted by atomic mass is 79.9. The van der Waals surface area contributed by atoms with Gasteiger partial charge in [-0.1, -0.05) is 0 Å². The molecule has 3 nitrogen and oxygen atoms in total. The Bertz CT molecular complexity index is 58.4. The minimum Gasteiger partial charge on any atom is -0.341 e. The summed E-state index contributed by atoms with van der Waals surface area (Å²) in [6.45, 7) is 0. The first kappa shape index (κ1) is 7.29. The molecule has 0 fully saturated rings. The summed E-state index contributed by atoms with van der Waals surface area (Å²) in [6.07, 6.45) is 0. The Morgan fingerprint density at radius 3 is 1.57 bits per heavy atom. The fourth-order valence-electron chi connectivity index (χ4n) is 0. The van der Waals surface area contributed by atoms with Gasteiger partial charge in [-0.05, 0) is 15.9 Å². The average Bonchev–Trinajstić information content (AvgIpc) is 1.31. The molecular weight excluding hydrogens is 171 g/mol. The average molecular weight is 175 g/mol. The van der Waals surface area contributed by atoms with Crippen molar-refractivity contribution in [3.8, 4) is 0 Å². The molecule has 0 saturated heterocycles. The lowest BCUT2D eigenvalue weighted by Crippen LogP contribution is -2.34. The number of hydrogen-bond donors (Lipinski definition) is 3. The van der Waals surface area contributed by atoms with Crippen molar-refractivity contribution < 1.29 is 19.7 Å². The van der Waals surface area contributed by atoms with Crippen molar-refractivity contribution in [3.63, 3.8) is 0 Å². The predicted molar refractivity (Wildman–Crippen MR) is 23.2 cm³/mol. The first-order chi connectivity index (χ1) is 2.94. The van der Waals surface area contributed by atoms with Crippen LogP contribution >= 0.6 is 15.9 Å².